The van der Waals surface area contributed by atoms with E-state index in [0.29, 0.717) is 45.2 Å². The number of rotatable bonds is 16. The number of likely N-dealkylation sites (tertiary alicyclic amines) is 1. The fourth-order valence-corrected chi connectivity index (χ4v) is 4.25. The monoisotopic (exact) mass is 468 g/mol. The summed E-state index contributed by atoms with van der Waals surface area (Å²) in [5, 5.41) is 5.58. The molecule has 0 bridgehead atoms. The van der Waals surface area contributed by atoms with Crippen molar-refractivity contribution in [2.75, 3.05) is 13.1 Å². The Morgan fingerprint density at radius 1 is 1.06 bits per heavy atom. The number of primary amides is 1. The van der Waals surface area contributed by atoms with Crippen LogP contribution in [0.5, 0.6) is 0 Å². The zero-order valence-electron chi connectivity index (χ0n) is 20.5. The van der Waals surface area contributed by atoms with E-state index in [1.165, 1.54) is 0 Å². The van der Waals surface area contributed by atoms with Crippen LogP contribution in [0.15, 0.2) is 0 Å². The molecule has 1 heterocycles. The Hall–Kier alpha value is -2.20. The molecule has 10 nitrogen and oxygen atoms in total. The first-order valence-corrected chi connectivity index (χ1v) is 12.2. The van der Waals surface area contributed by atoms with Crippen LogP contribution in [-0.4, -0.2) is 65.8 Å². The minimum atomic E-state index is -0.809. The summed E-state index contributed by atoms with van der Waals surface area (Å²) < 4.78 is 0. The van der Waals surface area contributed by atoms with E-state index in [-0.39, 0.29) is 23.8 Å². The molecule has 8 N–H and O–H groups in total. The van der Waals surface area contributed by atoms with Gasteiger partial charge in [0, 0.05) is 12.5 Å². The van der Waals surface area contributed by atoms with E-state index in [4.69, 9.17) is 17.2 Å². The van der Waals surface area contributed by atoms with Gasteiger partial charge >= 0.3 is 0 Å². The molecule has 4 atom stereocenters. The van der Waals surface area contributed by atoms with Crippen molar-refractivity contribution in [3.8, 4) is 0 Å². The van der Waals surface area contributed by atoms with Crippen LogP contribution in [0, 0.1) is 5.92 Å². The zero-order chi connectivity index (χ0) is 25.0. The molecule has 4 amide bonds. The Morgan fingerprint density at radius 2 is 1.70 bits per heavy atom. The summed E-state index contributed by atoms with van der Waals surface area (Å²) in [7, 11) is 0. The molecule has 33 heavy (non-hydrogen) atoms. The number of amides is 4. The molecule has 0 aromatic carbocycles. The highest BCUT2D eigenvalue weighted by Gasteiger charge is 2.44. The summed E-state index contributed by atoms with van der Waals surface area (Å²) in [6, 6.07) is -2.43. The van der Waals surface area contributed by atoms with Crippen LogP contribution in [0.4, 0.5) is 0 Å². The molecule has 10 heteroatoms. The van der Waals surface area contributed by atoms with Gasteiger partial charge in [0.05, 0.1) is 0 Å². The minimum Gasteiger partial charge on any atom is -0.368 e. The van der Waals surface area contributed by atoms with E-state index in [1.807, 2.05) is 20.8 Å². The van der Waals surface area contributed by atoms with Gasteiger partial charge in [-0.15, -0.1) is 0 Å². The van der Waals surface area contributed by atoms with Gasteiger partial charge in [0.25, 0.3) is 0 Å². The van der Waals surface area contributed by atoms with Crippen molar-refractivity contribution in [1.29, 1.82) is 0 Å². The Labute approximate surface area is 197 Å². The van der Waals surface area contributed by atoms with Crippen molar-refractivity contribution in [2.45, 2.75) is 103 Å². The van der Waals surface area contributed by atoms with E-state index in [9.17, 15) is 19.2 Å². The highest BCUT2D eigenvalue weighted by atomic mass is 16.2. The molecule has 0 aromatic rings. The lowest BCUT2D eigenvalue weighted by Crippen LogP contribution is -2.56. The lowest BCUT2D eigenvalue weighted by atomic mass is 10.00. The van der Waals surface area contributed by atoms with Gasteiger partial charge in [0.15, 0.2) is 0 Å². The molecule has 0 radical (unpaired) electrons. The first-order chi connectivity index (χ1) is 15.6. The average molecular weight is 469 g/mol. The summed E-state index contributed by atoms with van der Waals surface area (Å²) >= 11 is 0. The average Bonchev–Trinajstić information content (AvgIpc) is 3.01. The second kappa shape index (κ2) is 14.8. The summed E-state index contributed by atoms with van der Waals surface area (Å²) in [4.78, 5) is 52.1. The lowest BCUT2D eigenvalue weighted by molar-refractivity contribution is -0.142. The third-order valence-corrected chi connectivity index (χ3v) is 5.99. The molecule has 1 rings (SSSR count). The number of carbonyl (C=O) groups is 4. The van der Waals surface area contributed by atoms with Crippen LogP contribution in [-0.2, 0) is 19.2 Å². The third-order valence-electron chi connectivity index (χ3n) is 5.99. The van der Waals surface area contributed by atoms with Gasteiger partial charge in [-0.1, -0.05) is 20.3 Å². The van der Waals surface area contributed by atoms with Gasteiger partial charge in [-0.05, 0) is 70.9 Å². The second-order valence-electron chi connectivity index (χ2n) is 9.44. The number of carbonyl (C=O) groups excluding carboxylic acids is 4. The van der Waals surface area contributed by atoms with Crippen LogP contribution in [0.1, 0.15) is 78.6 Å². The van der Waals surface area contributed by atoms with Crippen molar-refractivity contribution in [3.05, 3.63) is 0 Å². The van der Waals surface area contributed by atoms with Crippen molar-refractivity contribution in [3.63, 3.8) is 0 Å². The summed E-state index contributed by atoms with van der Waals surface area (Å²) in [6.45, 7) is 6.91. The van der Waals surface area contributed by atoms with E-state index < -0.39 is 29.9 Å². The number of nitrogens with two attached hydrogens (primary N) is 3. The maximum atomic E-state index is 13.2. The van der Waals surface area contributed by atoms with Gasteiger partial charge in [0.2, 0.25) is 23.6 Å². The predicted molar refractivity (Wildman–Crippen MR) is 128 cm³/mol. The minimum absolute atomic E-state index is 0.140. The Morgan fingerprint density at radius 3 is 2.27 bits per heavy atom. The first kappa shape index (κ1) is 28.8. The molecule has 190 valence electrons. The normalized spacial score (nSPS) is 20.1. The quantitative estimate of drug-likeness (QED) is 0.201. The molecule has 1 aliphatic rings. The topological polar surface area (TPSA) is 174 Å². The van der Waals surface area contributed by atoms with Crippen molar-refractivity contribution >= 4 is 23.6 Å². The SMILES string of the molecule is CC(C)C[C@H](C(=O)N[C@@H](CCCCN)C(N)=O)N1C(=O)[C@@H](NC(=O)CCCCCN)CC1C. The number of nitrogens with one attached hydrogen (secondary N) is 2. The summed E-state index contributed by atoms with van der Waals surface area (Å²) in [5.74, 6) is -1.30. The number of hydrogen-bond donors (Lipinski definition) is 5. The molecule has 1 aliphatic heterocycles. The van der Waals surface area contributed by atoms with Crippen molar-refractivity contribution in [1.82, 2.24) is 15.5 Å². The van der Waals surface area contributed by atoms with Gasteiger partial charge in [-0.25, -0.2) is 0 Å². The van der Waals surface area contributed by atoms with Gasteiger partial charge < -0.3 is 32.7 Å². The van der Waals surface area contributed by atoms with Crippen molar-refractivity contribution < 1.29 is 19.2 Å². The molecule has 0 aliphatic carbocycles. The van der Waals surface area contributed by atoms with E-state index in [1.54, 1.807) is 4.90 Å². The summed E-state index contributed by atoms with van der Waals surface area (Å²) in [6.07, 6.45) is 5.47. The fraction of sp³-hybridized carbons (Fsp3) is 0.826. The molecular weight excluding hydrogens is 424 g/mol. The zero-order valence-corrected chi connectivity index (χ0v) is 20.5. The standard InChI is InChI=1S/C23H44N6O4/c1-15(2)13-19(22(32)28-17(21(26)31)9-6-8-12-25)29-16(3)14-18(23(29)33)27-20(30)10-5-4-7-11-24/h15-19H,4-14,24-25H2,1-3H3,(H2,26,31)(H,27,30)(H,28,32)/t16?,17-,18-,19+/m0/s1. The van der Waals surface area contributed by atoms with Crippen LogP contribution in [0.3, 0.4) is 0 Å². The Balaban J connectivity index is 2.86. The Kier molecular flexibility index (Phi) is 13.0. The second-order valence-corrected chi connectivity index (χ2v) is 9.44. The van der Waals surface area contributed by atoms with E-state index in [0.717, 1.165) is 25.7 Å². The predicted octanol–water partition coefficient (Wildman–Crippen LogP) is 0.125. The van der Waals surface area contributed by atoms with Gasteiger partial charge in [-0.3, -0.25) is 19.2 Å². The Bertz CT molecular complexity index is 657. The smallest absolute Gasteiger partial charge is 0.246 e. The van der Waals surface area contributed by atoms with Gasteiger partial charge in [-0.2, -0.15) is 0 Å². The molecule has 0 aromatic heterocycles. The van der Waals surface area contributed by atoms with E-state index >= 15 is 0 Å². The van der Waals surface area contributed by atoms with Crippen LogP contribution in [0.2, 0.25) is 0 Å². The van der Waals surface area contributed by atoms with Crippen LogP contribution >= 0.6 is 0 Å². The van der Waals surface area contributed by atoms with Gasteiger partial charge in [0.1, 0.15) is 18.1 Å². The number of hydrogen-bond acceptors (Lipinski definition) is 6. The molecular formula is C23H44N6O4. The maximum absolute atomic E-state index is 13.2. The molecule has 1 fully saturated rings. The molecule has 1 unspecified atom stereocenters. The third kappa shape index (κ3) is 9.67. The molecule has 1 saturated heterocycles. The van der Waals surface area contributed by atoms with E-state index in [2.05, 4.69) is 10.6 Å². The number of unbranched alkanes of at least 4 members (excludes halogenated alkanes) is 3. The highest BCUT2D eigenvalue weighted by molar-refractivity contribution is 5.95. The first-order valence-electron chi connectivity index (χ1n) is 12.2. The highest BCUT2D eigenvalue weighted by Crippen LogP contribution is 2.26. The lowest BCUT2D eigenvalue weighted by Gasteiger charge is -2.33. The van der Waals surface area contributed by atoms with Crippen LogP contribution in [0.25, 0.3) is 0 Å². The summed E-state index contributed by atoms with van der Waals surface area (Å²) in [5.41, 5.74) is 16.5. The largest absolute Gasteiger partial charge is 0.368 e. The molecule has 0 saturated carbocycles. The van der Waals surface area contributed by atoms with Crippen molar-refractivity contribution in [2.24, 2.45) is 23.1 Å². The molecule has 0 spiro atoms. The van der Waals surface area contributed by atoms with Crippen LogP contribution < -0.4 is 27.8 Å². The number of nitrogens with zero attached hydrogens (tertiary/aromatic N) is 1. The maximum Gasteiger partial charge on any atom is 0.246 e. The fourth-order valence-electron chi connectivity index (χ4n) is 4.25.